The van der Waals surface area contributed by atoms with Gasteiger partial charge in [0.25, 0.3) is 5.91 Å². The number of nitrogens with one attached hydrogen (secondary N) is 4. The lowest BCUT2D eigenvalue weighted by atomic mass is 10.1. The predicted molar refractivity (Wildman–Crippen MR) is 144 cm³/mol. The maximum Gasteiger partial charge on any atom is 0.275 e. The highest BCUT2D eigenvalue weighted by atomic mass is 32.1. The molecule has 0 saturated carbocycles. The Balaban J connectivity index is 0.000000130. The molecule has 0 aromatic carbocycles. The summed E-state index contributed by atoms with van der Waals surface area (Å²) in [5.41, 5.74) is 8.93. The summed E-state index contributed by atoms with van der Waals surface area (Å²) in [4.78, 5) is 33.6. The van der Waals surface area contributed by atoms with Crippen molar-refractivity contribution in [2.45, 2.75) is 37.9 Å². The van der Waals surface area contributed by atoms with Crippen molar-refractivity contribution >= 4 is 46.9 Å². The molecule has 0 bridgehead atoms. The van der Waals surface area contributed by atoms with Gasteiger partial charge in [0, 0.05) is 22.1 Å². The van der Waals surface area contributed by atoms with E-state index in [-0.39, 0.29) is 11.6 Å². The number of aliphatic hydroxyl groups is 2. The van der Waals surface area contributed by atoms with Crippen LogP contribution in [0.25, 0.3) is 17.2 Å². The second-order valence-corrected chi connectivity index (χ2v) is 9.25. The van der Waals surface area contributed by atoms with Crippen molar-refractivity contribution in [3.8, 4) is 0 Å². The first-order chi connectivity index (χ1) is 18.9. The quantitative estimate of drug-likeness (QED) is 0.162. The number of aromatic amines is 2. The van der Waals surface area contributed by atoms with Crippen LogP contribution in [0.5, 0.6) is 0 Å². The van der Waals surface area contributed by atoms with Gasteiger partial charge in [-0.2, -0.15) is 0 Å². The summed E-state index contributed by atoms with van der Waals surface area (Å²) in [7, 11) is 0. The number of hydrogen-bond acceptors (Lipinski definition) is 11. The number of nitrogens with two attached hydrogens (primary N) is 1. The molecule has 7 heterocycles. The SMILES string of the molecule is CC[C@H]1OC(n2cnc3c2NCNC3=O)[C@H](O)[C@@H]1O.Nc1ccnc2nc[nH]c12.S=c1cc[nH]c2c1=CCN=2. The fraction of sp³-hybridized carbons (Fsp3) is 0.333. The molecular weight excluding hydrogens is 524 g/mol. The number of carbonyl (C=O) groups is 1. The third kappa shape index (κ3) is 5.24. The second-order valence-electron chi connectivity index (χ2n) is 8.81. The van der Waals surface area contributed by atoms with E-state index < -0.39 is 24.5 Å². The van der Waals surface area contributed by atoms with Crippen LogP contribution < -0.4 is 27.1 Å². The number of carbonyl (C=O) groups excluding carboxylic acids is 1. The summed E-state index contributed by atoms with van der Waals surface area (Å²) in [6.45, 7) is 2.93. The van der Waals surface area contributed by atoms with E-state index >= 15 is 0 Å². The minimum Gasteiger partial charge on any atom is -0.397 e. The van der Waals surface area contributed by atoms with Crippen LogP contribution in [-0.2, 0) is 4.74 Å². The number of ether oxygens (including phenoxy) is 1. The summed E-state index contributed by atoms with van der Waals surface area (Å²) in [5.74, 6) is 0.226. The maximum atomic E-state index is 11.6. The Bertz CT molecular complexity index is 1670. The first kappa shape index (κ1) is 26.4. The Morgan fingerprint density at radius 3 is 2.77 bits per heavy atom. The van der Waals surface area contributed by atoms with Crippen LogP contribution >= 0.6 is 12.2 Å². The monoisotopic (exact) mass is 552 g/mol. The average molecular weight is 553 g/mol. The molecule has 1 amide bonds. The van der Waals surface area contributed by atoms with Gasteiger partial charge in [-0.3, -0.25) is 14.4 Å². The number of rotatable bonds is 2. The van der Waals surface area contributed by atoms with Crippen LogP contribution in [0.4, 0.5) is 11.5 Å². The van der Waals surface area contributed by atoms with Crippen LogP contribution in [0.1, 0.15) is 30.1 Å². The predicted octanol–water partition coefficient (Wildman–Crippen LogP) is -0.277. The van der Waals surface area contributed by atoms with E-state index in [2.05, 4.69) is 40.5 Å². The normalized spacial score (nSPS) is 22.6. The number of aromatic nitrogens is 6. The molecule has 4 aromatic rings. The molecule has 1 fully saturated rings. The van der Waals surface area contributed by atoms with Gasteiger partial charge in [-0.1, -0.05) is 25.2 Å². The van der Waals surface area contributed by atoms with Crippen molar-refractivity contribution in [2.75, 3.05) is 24.3 Å². The van der Waals surface area contributed by atoms with Gasteiger partial charge in [0.1, 0.15) is 29.0 Å². The first-order valence-electron chi connectivity index (χ1n) is 12.3. The van der Waals surface area contributed by atoms with Gasteiger partial charge in [0.05, 0.1) is 37.7 Å². The minimum atomic E-state index is -1.05. The van der Waals surface area contributed by atoms with Crippen LogP contribution in [0, 0.1) is 4.51 Å². The summed E-state index contributed by atoms with van der Waals surface area (Å²) < 4.78 is 8.07. The molecule has 15 heteroatoms. The number of nitrogens with zero attached hydrogens (tertiary/aromatic N) is 5. The van der Waals surface area contributed by atoms with Gasteiger partial charge in [-0.25, -0.2) is 15.0 Å². The van der Waals surface area contributed by atoms with E-state index in [4.69, 9.17) is 22.7 Å². The molecular formula is C24H28N10O4S. The molecule has 0 radical (unpaired) electrons. The molecule has 1 saturated heterocycles. The molecule has 3 aliphatic rings. The van der Waals surface area contributed by atoms with Crippen molar-refractivity contribution in [1.82, 2.24) is 34.8 Å². The summed E-state index contributed by atoms with van der Waals surface area (Å²) in [6.07, 6.45) is 5.95. The Morgan fingerprint density at radius 1 is 1.18 bits per heavy atom. The van der Waals surface area contributed by atoms with Crippen LogP contribution in [-0.4, -0.2) is 77.1 Å². The molecule has 14 nitrogen and oxygen atoms in total. The standard InChI is InChI=1S/C11H16N4O4.C7H6N2S.C6H6N4/c1-2-5-7(16)8(17)11(19-5)15-4-14-6-9(15)12-3-13-10(6)18;10-6-2-4-9-7-5(6)1-3-8-7;7-4-1-2-8-6-5(4)9-3-10-6/h4-5,7-8,11-12,16-17H,2-3H2,1H3,(H,13,18);1-2,4H,3H2,(H,8,9);1-3H,(H3,7,8,9,10)/t5-,7-,8-,11?;;/m1../s1. The lowest BCUT2D eigenvalue weighted by Crippen LogP contribution is -2.36. The molecule has 204 valence electrons. The Kier molecular flexibility index (Phi) is 7.65. The number of hydrogen-bond donors (Lipinski definition) is 7. The average Bonchev–Trinajstić information content (AvgIpc) is 3.73. The third-order valence-electron chi connectivity index (χ3n) is 6.41. The van der Waals surface area contributed by atoms with Gasteiger partial charge in [0.2, 0.25) is 0 Å². The van der Waals surface area contributed by atoms with Gasteiger partial charge in [-0.15, -0.1) is 0 Å². The van der Waals surface area contributed by atoms with E-state index in [0.29, 0.717) is 30.2 Å². The number of nitrogen functional groups attached to an aromatic ring is 1. The van der Waals surface area contributed by atoms with Crippen molar-refractivity contribution in [2.24, 2.45) is 4.99 Å². The third-order valence-corrected chi connectivity index (χ3v) is 6.76. The molecule has 4 aromatic heterocycles. The zero-order chi connectivity index (χ0) is 27.5. The van der Waals surface area contributed by atoms with Gasteiger partial charge >= 0.3 is 0 Å². The van der Waals surface area contributed by atoms with E-state index in [1.165, 1.54) is 6.33 Å². The summed E-state index contributed by atoms with van der Waals surface area (Å²) in [5, 5.41) is 26.6. The van der Waals surface area contributed by atoms with Crippen molar-refractivity contribution < 1.29 is 19.7 Å². The number of amides is 1. The molecule has 8 N–H and O–H groups in total. The van der Waals surface area contributed by atoms with Crippen LogP contribution in [0.2, 0.25) is 0 Å². The molecule has 0 spiro atoms. The highest BCUT2D eigenvalue weighted by molar-refractivity contribution is 7.71. The fourth-order valence-electron chi connectivity index (χ4n) is 4.39. The smallest absolute Gasteiger partial charge is 0.275 e. The van der Waals surface area contributed by atoms with Gasteiger partial charge in [0.15, 0.2) is 17.6 Å². The highest BCUT2D eigenvalue weighted by Gasteiger charge is 2.44. The number of H-pyrrole nitrogens is 2. The van der Waals surface area contributed by atoms with Gasteiger partial charge < -0.3 is 41.3 Å². The highest BCUT2D eigenvalue weighted by Crippen LogP contribution is 2.34. The lowest BCUT2D eigenvalue weighted by Gasteiger charge is -2.22. The van der Waals surface area contributed by atoms with Gasteiger partial charge in [-0.05, 0) is 18.6 Å². The van der Waals surface area contributed by atoms with Crippen molar-refractivity contribution in [1.29, 1.82) is 0 Å². The summed E-state index contributed by atoms with van der Waals surface area (Å²) >= 11 is 5.07. The Morgan fingerprint density at radius 2 is 2.03 bits per heavy atom. The summed E-state index contributed by atoms with van der Waals surface area (Å²) in [6, 6.07) is 3.62. The number of fused-ring (bicyclic) bond motifs is 3. The number of aliphatic hydroxyl groups excluding tert-OH is 2. The molecule has 7 rings (SSSR count). The zero-order valence-electron chi connectivity index (χ0n) is 20.9. The van der Waals surface area contributed by atoms with Crippen LogP contribution in [0.3, 0.4) is 0 Å². The lowest BCUT2D eigenvalue weighted by molar-refractivity contribution is -0.0365. The van der Waals surface area contributed by atoms with E-state index in [9.17, 15) is 15.0 Å². The van der Waals surface area contributed by atoms with E-state index in [0.717, 1.165) is 27.3 Å². The molecule has 0 aliphatic carbocycles. The number of anilines is 2. The maximum absolute atomic E-state index is 11.6. The molecule has 3 aliphatic heterocycles. The molecule has 4 atom stereocenters. The second kappa shape index (κ2) is 11.3. The van der Waals surface area contributed by atoms with E-state index in [1.807, 2.05) is 25.3 Å². The first-order valence-corrected chi connectivity index (χ1v) is 12.7. The zero-order valence-corrected chi connectivity index (χ0v) is 21.7. The van der Waals surface area contributed by atoms with E-state index in [1.54, 1.807) is 23.2 Å². The van der Waals surface area contributed by atoms with Crippen molar-refractivity contribution in [3.63, 3.8) is 0 Å². The topological polar surface area (TPSA) is 204 Å². The van der Waals surface area contributed by atoms with Crippen molar-refractivity contribution in [3.05, 3.63) is 58.1 Å². The number of pyridine rings is 2. The largest absolute Gasteiger partial charge is 0.397 e. The fourth-order valence-corrected chi connectivity index (χ4v) is 4.64. The molecule has 1 unspecified atom stereocenters. The Labute approximate surface area is 226 Å². The number of imidazole rings is 2. The van der Waals surface area contributed by atoms with Crippen LogP contribution in [0.15, 0.2) is 42.2 Å². The minimum absolute atomic E-state index is 0.261. The Hall–Kier alpha value is -4.18. The molecule has 39 heavy (non-hydrogen) atoms.